The summed E-state index contributed by atoms with van der Waals surface area (Å²) in [6, 6.07) is 9.06. The fourth-order valence-electron chi connectivity index (χ4n) is 1.91. The second-order valence-electron chi connectivity index (χ2n) is 4.76. The predicted molar refractivity (Wildman–Crippen MR) is 79.7 cm³/mol. The van der Waals surface area contributed by atoms with Crippen LogP contribution in [0.15, 0.2) is 47.1 Å². The SMILES string of the molecule is COC(CNC(=O)C(=O)NCc1ccc(F)cc1)c1ccco1. The molecule has 7 heteroatoms. The molecule has 2 amide bonds. The van der Waals surface area contributed by atoms with E-state index in [1.165, 1.54) is 37.6 Å². The van der Waals surface area contributed by atoms with Gasteiger partial charge in [0, 0.05) is 13.7 Å². The van der Waals surface area contributed by atoms with Crippen molar-refractivity contribution in [1.82, 2.24) is 10.6 Å². The molecule has 6 nitrogen and oxygen atoms in total. The van der Waals surface area contributed by atoms with Crippen molar-refractivity contribution in [2.45, 2.75) is 12.6 Å². The molecule has 0 saturated heterocycles. The van der Waals surface area contributed by atoms with Gasteiger partial charge in [0.1, 0.15) is 17.7 Å². The summed E-state index contributed by atoms with van der Waals surface area (Å²) in [6.07, 6.45) is 1.03. The van der Waals surface area contributed by atoms with Crippen LogP contribution in [0.5, 0.6) is 0 Å². The first-order valence-electron chi connectivity index (χ1n) is 6.97. The number of carbonyl (C=O) groups excluding carboxylic acids is 2. The molecule has 0 fully saturated rings. The lowest BCUT2D eigenvalue weighted by atomic mass is 10.2. The molecule has 2 N–H and O–H groups in total. The Morgan fingerprint density at radius 1 is 1.17 bits per heavy atom. The lowest BCUT2D eigenvalue weighted by Gasteiger charge is -2.13. The Morgan fingerprint density at radius 3 is 2.48 bits per heavy atom. The lowest BCUT2D eigenvalue weighted by molar-refractivity contribution is -0.139. The minimum Gasteiger partial charge on any atom is -0.467 e. The van der Waals surface area contributed by atoms with E-state index in [4.69, 9.17) is 9.15 Å². The third kappa shape index (κ3) is 4.93. The molecule has 1 unspecified atom stereocenters. The predicted octanol–water partition coefficient (Wildman–Crippen LogP) is 1.54. The van der Waals surface area contributed by atoms with Crippen LogP contribution in [0.2, 0.25) is 0 Å². The van der Waals surface area contributed by atoms with Crippen LogP contribution < -0.4 is 10.6 Å². The van der Waals surface area contributed by atoms with Gasteiger partial charge in [-0.3, -0.25) is 9.59 Å². The van der Waals surface area contributed by atoms with Crippen molar-refractivity contribution in [3.05, 3.63) is 59.8 Å². The fourth-order valence-corrected chi connectivity index (χ4v) is 1.91. The molecule has 1 aromatic carbocycles. The molecular weight excluding hydrogens is 303 g/mol. The Balaban J connectivity index is 1.78. The number of amides is 2. The first-order valence-corrected chi connectivity index (χ1v) is 6.97. The summed E-state index contributed by atoms with van der Waals surface area (Å²) in [7, 11) is 1.48. The van der Waals surface area contributed by atoms with Gasteiger partial charge in [-0.2, -0.15) is 0 Å². The molecule has 0 aliphatic carbocycles. The number of hydrogen-bond donors (Lipinski definition) is 2. The largest absolute Gasteiger partial charge is 0.467 e. The van der Waals surface area contributed by atoms with Gasteiger partial charge in [0.15, 0.2) is 0 Å². The number of carbonyl (C=O) groups is 2. The number of methoxy groups -OCH3 is 1. The Hall–Kier alpha value is -2.67. The van der Waals surface area contributed by atoms with E-state index in [9.17, 15) is 14.0 Å². The maximum absolute atomic E-state index is 12.8. The summed E-state index contributed by atoms with van der Waals surface area (Å²) in [6.45, 7) is 0.241. The highest BCUT2D eigenvalue weighted by molar-refractivity contribution is 6.35. The van der Waals surface area contributed by atoms with Crippen LogP contribution in [0.25, 0.3) is 0 Å². The van der Waals surface area contributed by atoms with E-state index < -0.39 is 17.9 Å². The second kappa shape index (κ2) is 8.09. The van der Waals surface area contributed by atoms with Crippen LogP contribution in [0.3, 0.4) is 0 Å². The van der Waals surface area contributed by atoms with Crippen LogP contribution >= 0.6 is 0 Å². The van der Waals surface area contributed by atoms with Crippen LogP contribution in [0, 0.1) is 5.82 Å². The highest BCUT2D eigenvalue weighted by Gasteiger charge is 2.18. The Bertz CT molecular complexity index is 641. The molecule has 2 rings (SSSR count). The molecule has 122 valence electrons. The quantitative estimate of drug-likeness (QED) is 0.791. The molecule has 23 heavy (non-hydrogen) atoms. The molecular formula is C16H17FN2O4. The lowest BCUT2D eigenvalue weighted by Crippen LogP contribution is -2.41. The minimum atomic E-state index is -0.777. The zero-order valence-corrected chi connectivity index (χ0v) is 12.5. The first kappa shape index (κ1) is 16.7. The standard InChI is InChI=1S/C16H17FN2O4/c1-22-14(13-3-2-8-23-13)10-19-16(21)15(20)18-9-11-4-6-12(17)7-5-11/h2-8,14H,9-10H2,1H3,(H,18,20)(H,19,21). The van der Waals surface area contributed by atoms with Gasteiger partial charge in [-0.1, -0.05) is 12.1 Å². The van der Waals surface area contributed by atoms with E-state index >= 15 is 0 Å². The highest BCUT2D eigenvalue weighted by atomic mass is 19.1. The number of furan rings is 1. The number of ether oxygens (including phenoxy) is 1. The maximum atomic E-state index is 12.8. The first-order chi connectivity index (χ1) is 11.1. The van der Waals surface area contributed by atoms with Gasteiger partial charge in [0.2, 0.25) is 0 Å². The van der Waals surface area contributed by atoms with Crippen molar-refractivity contribution >= 4 is 11.8 Å². The number of rotatable bonds is 6. The summed E-state index contributed by atoms with van der Waals surface area (Å²) in [5.41, 5.74) is 0.693. The van der Waals surface area contributed by atoms with E-state index in [0.717, 1.165) is 0 Å². The fraction of sp³-hybridized carbons (Fsp3) is 0.250. The van der Waals surface area contributed by atoms with Crippen molar-refractivity contribution in [3.63, 3.8) is 0 Å². The van der Waals surface area contributed by atoms with Crippen molar-refractivity contribution in [2.24, 2.45) is 0 Å². The van der Waals surface area contributed by atoms with Gasteiger partial charge < -0.3 is 19.8 Å². The second-order valence-corrected chi connectivity index (χ2v) is 4.76. The molecule has 0 radical (unpaired) electrons. The van der Waals surface area contributed by atoms with E-state index in [1.54, 1.807) is 12.1 Å². The van der Waals surface area contributed by atoms with Crippen molar-refractivity contribution < 1.29 is 23.1 Å². The number of nitrogens with one attached hydrogen (secondary N) is 2. The zero-order valence-electron chi connectivity index (χ0n) is 12.5. The average Bonchev–Trinajstić information content (AvgIpc) is 3.08. The van der Waals surface area contributed by atoms with Crippen molar-refractivity contribution in [3.8, 4) is 0 Å². The van der Waals surface area contributed by atoms with E-state index in [-0.39, 0.29) is 18.9 Å². The Morgan fingerprint density at radius 2 is 1.87 bits per heavy atom. The summed E-state index contributed by atoms with van der Waals surface area (Å²) in [5, 5.41) is 4.93. The minimum absolute atomic E-state index is 0.104. The Labute approximate surface area is 132 Å². The summed E-state index contributed by atoms with van der Waals surface area (Å²) in [5.74, 6) is -1.36. The maximum Gasteiger partial charge on any atom is 0.309 e. The molecule has 1 aromatic heterocycles. The van der Waals surface area contributed by atoms with E-state index in [2.05, 4.69) is 10.6 Å². The van der Waals surface area contributed by atoms with Gasteiger partial charge in [-0.15, -0.1) is 0 Å². The van der Waals surface area contributed by atoms with Crippen molar-refractivity contribution in [2.75, 3.05) is 13.7 Å². The number of benzene rings is 1. The van der Waals surface area contributed by atoms with Crippen molar-refractivity contribution in [1.29, 1.82) is 0 Å². The van der Waals surface area contributed by atoms with E-state index in [0.29, 0.717) is 11.3 Å². The molecule has 0 bridgehead atoms. The van der Waals surface area contributed by atoms with Gasteiger partial charge in [-0.05, 0) is 29.8 Å². The smallest absolute Gasteiger partial charge is 0.309 e. The third-order valence-electron chi connectivity index (χ3n) is 3.17. The number of halogens is 1. The van der Waals surface area contributed by atoms with Gasteiger partial charge in [0.05, 0.1) is 12.8 Å². The summed E-state index contributed by atoms with van der Waals surface area (Å²) < 4.78 is 23.1. The van der Waals surface area contributed by atoms with E-state index in [1.807, 2.05) is 0 Å². The highest BCUT2D eigenvalue weighted by Crippen LogP contribution is 2.15. The number of hydrogen-bond acceptors (Lipinski definition) is 4. The zero-order chi connectivity index (χ0) is 16.7. The molecule has 0 saturated carbocycles. The summed E-state index contributed by atoms with van der Waals surface area (Å²) >= 11 is 0. The molecule has 0 aliphatic heterocycles. The average molecular weight is 320 g/mol. The Kier molecular flexibility index (Phi) is 5.87. The van der Waals surface area contributed by atoms with Crippen LogP contribution in [-0.2, 0) is 20.9 Å². The molecule has 1 heterocycles. The van der Waals surface area contributed by atoms with Crippen LogP contribution in [-0.4, -0.2) is 25.5 Å². The monoisotopic (exact) mass is 320 g/mol. The third-order valence-corrected chi connectivity index (χ3v) is 3.17. The summed E-state index contributed by atoms with van der Waals surface area (Å²) in [4.78, 5) is 23.4. The molecule has 1 atom stereocenters. The van der Waals surface area contributed by atoms with Gasteiger partial charge in [0.25, 0.3) is 0 Å². The normalized spacial score (nSPS) is 11.7. The van der Waals surface area contributed by atoms with Crippen LogP contribution in [0.4, 0.5) is 4.39 Å². The molecule has 2 aromatic rings. The molecule has 0 aliphatic rings. The molecule has 0 spiro atoms. The van der Waals surface area contributed by atoms with Crippen LogP contribution in [0.1, 0.15) is 17.4 Å². The van der Waals surface area contributed by atoms with Gasteiger partial charge in [-0.25, -0.2) is 4.39 Å². The topological polar surface area (TPSA) is 80.6 Å². The van der Waals surface area contributed by atoms with Gasteiger partial charge >= 0.3 is 11.8 Å².